The molecule has 0 bridgehead atoms. The van der Waals surface area contributed by atoms with Crippen LogP contribution in [0.2, 0.25) is 0 Å². The molecule has 0 amide bonds. The highest BCUT2D eigenvalue weighted by Crippen LogP contribution is 2.39. The van der Waals surface area contributed by atoms with Crippen molar-refractivity contribution in [1.29, 1.82) is 0 Å². The third kappa shape index (κ3) is 3.58. The van der Waals surface area contributed by atoms with Gasteiger partial charge in [-0.3, -0.25) is 4.90 Å². The molecule has 0 aliphatic carbocycles. The van der Waals surface area contributed by atoms with Crippen molar-refractivity contribution in [3.05, 3.63) is 18.2 Å². The number of hydrogen-bond acceptors (Lipinski definition) is 4. The molecule has 122 valence electrons. The fraction of sp³-hybridized carbons (Fsp3) is 0.765. The van der Waals surface area contributed by atoms with Gasteiger partial charge in [0.1, 0.15) is 11.6 Å². The van der Waals surface area contributed by atoms with E-state index in [-0.39, 0.29) is 17.5 Å². The molecule has 3 rings (SSSR count). The average Bonchev–Trinajstić information content (AvgIpc) is 3.05. The van der Waals surface area contributed by atoms with E-state index >= 15 is 0 Å². The molecule has 2 aliphatic heterocycles. The van der Waals surface area contributed by atoms with Gasteiger partial charge in [-0.05, 0) is 45.6 Å². The van der Waals surface area contributed by atoms with E-state index in [1.54, 1.807) is 6.92 Å². The molecule has 0 radical (unpaired) electrons. The molecule has 1 aromatic heterocycles. The molecule has 22 heavy (non-hydrogen) atoms. The van der Waals surface area contributed by atoms with Gasteiger partial charge in [0.15, 0.2) is 0 Å². The van der Waals surface area contributed by atoms with Gasteiger partial charge in [0, 0.05) is 32.4 Å². The second-order valence-electron chi connectivity index (χ2n) is 6.97. The number of ether oxygens (including phenoxy) is 1. The summed E-state index contributed by atoms with van der Waals surface area (Å²) in [5, 5.41) is 0. The smallest absolute Gasteiger partial charge is 0.129 e. The van der Waals surface area contributed by atoms with E-state index in [0.29, 0.717) is 6.42 Å². The Labute approximate surface area is 132 Å². The lowest BCUT2D eigenvalue weighted by Crippen LogP contribution is -2.48. The molecule has 5 heteroatoms. The minimum Gasteiger partial charge on any atom is -0.370 e. The predicted molar refractivity (Wildman–Crippen MR) is 84.5 cm³/mol. The second kappa shape index (κ2) is 6.50. The van der Waals surface area contributed by atoms with E-state index in [4.69, 9.17) is 4.74 Å². The third-order valence-electron chi connectivity index (χ3n) is 5.06. The third-order valence-corrected chi connectivity index (χ3v) is 5.06. The number of aromatic nitrogens is 2. The van der Waals surface area contributed by atoms with Crippen LogP contribution in [0.1, 0.15) is 51.3 Å². The molecule has 3 heterocycles. The molecule has 1 aromatic rings. The van der Waals surface area contributed by atoms with Crippen LogP contribution in [0.15, 0.2) is 12.4 Å². The van der Waals surface area contributed by atoms with Crippen LogP contribution in [0.25, 0.3) is 0 Å². The van der Waals surface area contributed by atoms with Gasteiger partial charge in [-0.2, -0.15) is 0 Å². The minimum atomic E-state index is 0.0187. The number of Topliss-reactive ketones (excluding diaryl/α,β-unsaturated/α-hetero) is 1. The Balaban J connectivity index is 1.56. The van der Waals surface area contributed by atoms with Crippen molar-refractivity contribution in [2.45, 2.75) is 63.7 Å². The van der Waals surface area contributed by atoms with Crippen LogP contribution >= 0.6 is 0 Å². The van der Waals surface area contributed by atoms with Gasteiger partial charge in [0.05, 0.1) is 18.2 Å². The van der Waals surface area contributed by atoms with Gasteiger partial charge in [-0.25, -0.2) is 4.98 Å². The van der Waals surface area contributed by atoms with Gasteiger partial charge in [0.2, 0.25) is 0 Å². The first-order valence-electron chi connectivity index (χ1n) is 8.42. The number of piperidine rings is 1. The van der Waals surface area contributed by atoms with Crippen molar-refractivity contribution >= 4 is 5.78 Å². The van der Waals surface area contributed by atoms with Crippen LogP contribution in [-0.2, 0) is 23.1 Å². The lowest BCUT2D eigenvalue weighted by molar-refractivity contribution is -0.119. The van der Waals surface area contributed by atoms with Gasteiger partial charge in [0.25, 0.3) is 0 Å². The molecule has 2 aliphatic rings. The normalized spacial score (nSPS) is 29.3. The summed E-state index contributed by atoms with van der Waals surface area (Å²) in [6, 6.07) is 0. The molecular formula is C17H27N3O2. The van der Waals surface area contributed by atoms with Crippen LogP contribution < -0.4 is 0 Å². The first kappa shape index (κ1) is 15.7. The number of ketones is 1. The summed E-state index contributed by atoms with van der Waals surface area (Å²) in [5.74, 6) is 1.38. The van der Waals surface area contributed by atoms with E-state index in [1.807, 2.05) is 19.4 Å². The summed E-state index contributed by atoms with van der Waals surface area (Å²) in [5.41, 5.74) is 0.0187. The van der Waals surface area contributed by atoms with Crippen LogP contribution in [0, 0.1) is 0 Å². The Morgan fingerprint density at radius 3 is 3.09 bits per heavy atom. The highest BCUT2D eigenvalue weighted by atomic mass is 16.5. The van der Waals surface area contributed by atoms with Crippen LogP contribution in [0.5, 0.6) is 0 Å². The number of aryl methyl sites for hydroxylation is 1. The standard InChI is InChI=1S/C17H27N3O2/c1-14(21)4-5-15-6-8-17(22-15)7-3-10-20(13-17)12-16-18-9-11-19(16)2/h9,11,15H,3-8,10,12-13H2,1-2H3/t15-,17-/m0/s1. The molecule has 0 N–H and O–H groups in total. The van der Waals surface area contributed by atoms with Crippen LogP contribution in [0.4, 0.5) is 0 Å². The van der Waals surface area contributed by atoms with Gasteiger partial charge in [-0.15, -0.1) is 0 Å². The number of likely N-dealkylation sites (tertiary alicyclic amines) is 1. The Morgan fingerprint density at radius 1 is 1.50 bits per heavy atom. The Morgan fingerprint density at radius 2 is 2.36 bits per heavy atom. The van der Waals surface area contributed by atoms with Crippen LogP contribution in [0.3, 0.4) is 0 Å². The number of hydrogen-bond donors (Lipinski definition) is 0. The summed E-state index contributed by atoms with van der Waals surface area (Å²) in [6.45, 7) is 4.68. The number of nitrogens with zero attached hydrogens (tertiary/aromatic N) is 3. The number of carbonyl (C=O) groups excluding carboxylic acids is 1. The zero-order chi connectivity index (χ0) is 15.6. The highest BCUT2D eigenvalue weighted by Gasteiger charge is 2.43. The predicted octanol–water partition coefficient (Wildman–Crippen LogP) is 2.30. The summed E-state index contributed by atoms with van der Waals surface area (Å²) < 4.78 is 8.49. The molecule has 0 unspecified atom stereocenters. The lowest BCUT2D eigenvalue weighted by Gasteiger charge is -2.40. The monoisotopic (exact) mass is 305 g/mol. The molecule has 0 saturated carbocycles. The number of carbonyl (C=O) groups is 1. The topological polar surface area (TPSA) is 47.4 Å². The lowest BCUT2D eigenvalue weighted by atomic mass is 9.89. The Kier molecular flexibility index (Phi) is 4.64. The highest BCUT2D eigenvalue weighted by molar-refractivity contribution is 5.75. The largest absolute Gasteiger partial charge is 0.370 e. The van der Waals surface area contributed by atoms with Gasteiger partial charge >= 0.3 is 0 Å². The summed E-state index contributed by atoms with van der Waals surface area (Å²) >= 11 is 0. The van der Waals surface area contributed by atoms with Crippen molar-refractivity contribution in [3.8, 4) is 0 Å². The molecule has 2 saturated heterocycles. The SMILES string of the molecule is CC(=O)CC[C@H]1CC[C@]2(CCCN(Cc3nccn3C)C2)O1. The first-order chi connectivity index (χ1) is 10.6. The molecule has 2 atom stereocenters. The maximum atomic E-state index is 11.2. The van der Waals surface area contributed by atoms with E-state index in [1.165, 1.54) is 6.42 Å². The summed E-state index contributed by atoms with van der Waals surface area (Å²) in [7, 11) is 2.05. The molecular weight excluding hydrogens is 278 g/mol. The number of rotatable bonds is 5. The van der Waals surface area contributed by atoms with Crippen molar-refractivity contribution in [2.75, 3.05) is 13.1 Å². The van der Waals surface area contributed by atoms with E-state index in [2.05, 4.69) is 14.5 Å². The minimum absolute atomic E-state index is 0.0187. The van der Waals surface area contributed by atoms with Crippen molar-refractivity contribution in [1.82, 2.24) is 14.5 Å². The average molecular weight is 305 g/mol. The molecule has 0 aromatic carbocycles. The summed E-state index contributed by atoms with van der Waals surface area (Å²) in [4.78, 5) is 18.1. The van der Waals surface area contributed by atoms with Crippen molar-refractivity contribution in [3.63, 3.8) is 0 Å². The zero-order valence-electron chi connectivity index (χ0n) is 13.8. The van der Waals surface area contributed by atoms with Crippen molar-refractivity contribution < 1.29 is 9.53 Å². The Hall–Kier alpha value is -1.20. The second-order valence-corrected chi connectivity index (χ2v) is 6.97. The van der Waals surface area contributed by atoms with Crippen molar-refractivity contribution in [2.24, 2.45) is 7.05 Å². The van der Waals surface area contributed by atoms with Gasteiger partial charge < -0.3 is 14.1 Å². The number of imidazole rings is 1. The fourth-order valence-electron chi connectivity index (χ4n) is 3.84. The fourth-order valence-corrected chi connectivity index (χ4v) is 3.84. The molecule has 2 fully saturated rings. The zero-order valence-corrected chi connectivity index (χ0v) is 13.8. The Bertz CT molecular complexity index is 528. The van der Waals surface area contributed by atoms with E-state index in [9.17, 15) is 4.79 Å². The quantitative estimate of drug-likeness (QED) is 0.837. The van der Waals surface area contributed by atoms with Gasteiger partial charge in [-0.1, -0.05) is 0 Å². The van der Waals surface area contributed by atoms with E-state index < -0.39 is 0 Å². The van der Waals surface area contributed by atoms with Crippen LogP contribution in [-0.4, -0.2) is 45.0 Å². The first-order valence-corrected chi connectivity index (χ1v) is 8.42. The maximum absolute atomic E-state index is 11.2. The van der Waals surface area contributed by atoms with E-state index in [0.717, 1.165) is 51.1 Å². The molecule has 1 spiro atoms. The maximum Gasteiger partial charge on any atom is 0.129 e. The molecule has 5 nitrogen and oxygen atoms in total. The summed E-state index contributed by atoms with van der Waals surface area (Å²) in [6.07, 6.45) is 10.2.